The summed E-state index contributed by atoms with van der Waals surface area (Å²) in [6.07, 6.45) is 1.68. The quantitative estimate of drug-likeness (QED) is 0.868. The van der Waals surface area contributed by atoms with Crippen molar-refractivity contribution in [2.24, 2.45) is 5.92 Å². The van der Waals surface area contributed by atoms with E-state index in [0.29, 0.717) is 19.8 Å². The zero-order valence-electron chi connectivity index (χ0n) is 12.2. The second-order valence-electron chi connectivity index (χ2n) is 5.27. The Morgan fingerprint density at radius 2 is 2.40 bits per heavy atom. The van der Waals surface area contributed by atoms with Crippen LogP contribution in [-0.2, 0) is 9.53 Å². The van der Waals surface area contributed by atoms with Gasteiger partial charge in [-0.15, -0.1) is 0 Å². The third kappa shape index (κ3) is 4.23. The van der Waals surface area contributed by atoms with Gasteiger partial charge >= 0.3 is 0 Å². The molecule has 1 aliphatic rings. The molecule has 0 unspecified atom stereocenters. The predicted molar refractivity (Wildman–Crippen MR) is 77.8 cm³/mol. The summed E-state index contributed by atoms with van der Waals surface area (Å²) < 4.78 is 11.1. The lowest BCUT2D eigenvalue weighted by atomic mass is 10.1. The summed E-state index contributed by atoms with van der Waals surface area (Å²) in [5.41, 5.74) is 1.17. The van der Waals surface area contributed by atoms with Crippen LogP contribution in [0.1, 0.15) is 25.3 Å². The van der Waals surface area contributed by atoms with Gasteiger partial charge in [0.25, 0.3) is 0 Å². The molecule has 20 heavy (non-hydrogen) atoms. The molecule has 0 aromatic heterocycles. The molecular formula is C16H23NO3. The first-order valence-electron chi connectivity index (χ1n) is 7.27. The van der Waals surface area contributed by atoms with Crippen LogP contribution >= 0.6 is 0 Å². The summed E-state index contributed by atoms with van der Waals surface area (Å²) in [6.45, 7) is 5.87. The van der Waals surface area contributed by atoms with Crippen LogP contribution in [0.5, 0.6) is 5.75 Å². The van der Waals surface area contributed by atoms with Crippen LogP contribution in [0.15, 0.2) is 24.3 Å². The summed E-state index contributed by atoms with van der Waals surface area (Å²) in [4.78, 5) is 11.9. The zero-order valence-corrected chi connectivity index (χ0v) is 12.2. The van der Waals surface area contributed by atoms with Gasteiger partial charge in [-0.1, -0.05) is 19.1 Å². The normalized spacial score (nSPS) is 19.6. The summed E-state index contributed by atoms with van der Waals surface area (Å²) in [5, 5.41) is 2.97. The standard InChI is InChI=1S/C16H23NO3/c1-3-14(20-15-6-4-5-12(2)9-15)10-17-16(18)13-7-8-19-11-13/h4-6,9,13-14H,3,7-8,10-11H2,1-2H3,(H,17,18)/t13-,14+/m1/s1. The van der Waals surface area contributed by atoms with Gasteiger partial charge in [0, 0.05) is 6.61 Å². The molecular weight excluding hydrogens is 254 g/mol. The highest BCUT2D eigenvalue weighted by atomic mass is 16.5. The second kappa shape index (κ2) is 7.29. The molecule has 110 valence electrons. The van der Waals surface area contributed by atoms with Crippen LogP contribution in [0.3, 0.4) is 0 Å². The largest absolute Gasteiger partial charge is 0.489 e. The lowest BCUT2D eigenvalue weighted by molar-refractivity contribution is -0.125. The molecule has 1 heterocycles. The highest BCUT2D eigenvalue weighted by Gasteiger charge is 2.23. The molecule has 1 fully saturated rings. The SMILES string of the molecule is CC[C@@H](CNC(=O)[C@@H]1CCOC1)Oc1cccc(C)c1. The maximum atomic E-state index is 11.9. The van der Waals surface area contributed by atoms with E-state index in [1.807, 2.05) is 31.2 Å². The molecule has 1 N–H and O–H groups in total. The number of nitrogens with one attached hydrogen (secondary N) is 1. The van der Waals surface area contributed by atoms with Crippen molar-refractivity contribution in [3.05, 3.63) is 29.8 Å². The fourth-order valence-electron chi connectivity index (χ4n) is 2.25. The molecule has 0 radical (unpaired) electrons. The van der Waals surface area contributed by atoms with Crippen LogP contribution in [0, 0.1) is 12.8 Å². The molecule has 1 aromatic rings. The smallest absolute Gasteiger partial charge is 0.225 e. The van der Waals surface area contributed by atoms with Crippen LogP contribution in [-0.4, -0.2) is 31.8 Å². The van der Waals surface area contributed by atoms with E-state index in [0.717, 1.165) is 18.6 Å². The third-order valence-corrected chi connectivity index (χ3v) is 3.55. The number of ether oxygens (including phenoxy) is 2. The van der Waals surface area contributed by atoms with Gasteiger partial charge in [-0.25, -0.2) is 0 Å². The molecule has 0 aliphatic carbocycles. The first kappa shape index (κ1) is 14.9. The first-order valence-corrected chi connectivity index (χ1v) is 7.27. The molecule has 1 amide bonds. The van der Waals surface area contributed by atoms with Gasteiger partial charge in [0.1, 0.15) is 11.9 Å². The molecule has 1 aliphatic heterocycles. The van der Waals surface area contributed by atoms with Crippen LogP contribution < -0.4 is 10.1 Å². The second-order valence-corrected chi connectivity index (χ2v) is 5.27. The average Bonchev–Trinajstić information content (AvgIpc) is 2.97. The Bertz CT molecular complexity index is 441. The molecule has 0 bridgehead atoms. The van der Waals surface area contributed by atoms with Gasteiger partial charge in [0.05, 0.1) is 19.1 Å². The minimum absolute atomic E-state index is 0.00284. The van der Waals surface area contributed by atoms with E-state index < -0.39 is 0 Å². The summed E-state index contributed by atoms with van der Waals surface area (Å²) in [6, 6.07) is 7.97. The molecule has 0 saturated carbocycles. The van der Waals surface area contributed by atoms with E-state index in [4.69, 9.17) is 9.47 Å². The molecule has 4 nitrogen and oxygen atoms in total. The fourth-order valence-corrected chi connectivity index (χ4v) is 2.25. The molecule has 0 spiro atoms. The van der Waals surface area contributed by atoms with E-state index in [-0.39, 0.29) is 17.9 Å². The van der Waals surface area contributed by atoms with Crippen LogP contribution in [0.2, 0.25) is 0 Å². The Morgan fingerprint density at radius 3 is 3.05 bits per heavy atom. The van der Waals surface area contributed by atoms with Crippen molar-refractivity contribution >= 4 is 5.91 Å². The first-order chi connectivity index (χ1) is 9.69. The lowest BCUT2D eigenvalue weighted by Gasteiger charge is -2.19. The Balaban J connectivity index is 1.81. The van der Waals surface area contributed by atoms with Gasteiger partial charge in [0.2, 0.25) is 5.91 Å². The van der Waals surface area contributed by atoms with Gasteiger partial charge in [-0.05, 0) is 37.5 Å². The van der Waals surface area contributed by atoms with Gasteiger partial charge in [0.15, 0.2) is 0 Å². The van der Waals surface area contributed by atoms with E-state index in [1.165, 1.54) is 5.56 Å². The number of aryl methyl sites for hydroxylation is 1. The topological polar surface area (TPSA) is 47.6 Å². The predicted octanol–water partition coefficient (Wildman–Crippen LogP) is 2.31. The number of rotatable bonds is 6. The van der Waals surface area contributed by atoms with Gasteiger partial charge in [-0.3, -0.25) is 4.79 Å². The highest BCUT2D eigenvalue weighted by Crippen LogP contribution is 2.16. The molecule has 4 heteroatoms. The minimum atomic E-state index is 0.00284. The van der Waals surface area contributed by atoms with Crippen molar-refractivity contribution in [1.82, 2.24) is 5.32 Å². The molecule has 2 atom stereocenters. The van der Waals surface area contributed by atoms with E-state index in [1.54, 1.807) is 0 Å². The maximum Gasteiger partial charge on any atom is 0.225 e. The van der Waals surface area contributed by atoms with Gasteiger partial charge in [-0.2, -0.15) is 0 Å². The third-order valence-electron chi connectivity index (χ3n) is 3.55. The Hall–Kier alpha value is -1.55. The maximum absolute atomic E-state index is 11.9. The van der Waals surface area contributed by atoms with Crippen molar-refractivity contribution in [2.75, 3.05) is 19.8 Å². The average molecular weight is 277 g/mol. The van der Waals surface area contributed by atoms with Crippen molar-refractivity contribution in [1.29, 1.82) is 0 Å². The van der Waals surface area contributed by atoms with E-state index in [9.17, 15) is 4.79 Å². The zero-order chi connectivity index (χ0) is 14.4. The fraction of sp³-hybridized carbons (Fsp3) is 0.562. The van der Waals surface area contributed by atoms with Crippen molar-refractivity contribution in [3.63, 3.8) is 0 Å². The van der Waals surface area contributed by atoms with Crippen molar-refractivity contribution in [3.8, 4) is 5.75 Å². The highest BCUT2D eigenvalue weighted by molar-refractivity contribution is 5.79. The summed E-state index contributed by atoms with van der Waals surface area (Å²) >= 11 is 0. The van der Waals surface area contributed by atoms with Crippen molar-refractivity contribution < 1.29 is 14.3 Å². The molecule has 1 saturated heterocycles. The monoisotopic (exact) mass is 277 g/mol. The van der Waals surface area contributed by atoms with Crippen LogP contribution in [0.25, 0.3) is 0 Å². The number of carbonyl (C=O) groups is 1. The summed E-state index contributed by atoms with van der Waals surface area (Å²) in [5.74, 6) is 0.940. The minimum Gasteiger partial charge on any atom is -0.489 e. The molecule has 2 rings (SSSR count). The van der Waals surface area contributed by atoms with Gasteiger partial charge < -0.3 is 14.8 Å². The lowest BCUT2D eigenvalue weighted by Crippen LogP contribution is -2.38. The summed E-state index contributed by atoms with van der Waals surface area (Å²) in [7, 11) is 0. The Morgan fingerprint density at radius 1 is 1.55 bits per heavy atom. The number of hydrogen-bond acceptors (Lipinski definition) is 3. The number of carbonyl (C=O) groups excluding carboxylic acids is 1. The van der Waals surface area contributed by atoms with E-state index >= 15 is 0 Å². The number of amides is 1. The van der Waals surface area contributed by atoms with Crippen LogP contribution in [0.4, 0.5) is 0 Å². The molecule has 1 aromatic carbocycles. The Labute approximate surface area is 120 Å². The number of hydrogen-bond donors (Lipinski definition) is 1. The van der Waals surface area contributed by atoms with E-state index in [2.05, 4.69) is 12.2 Å². The number of benzene rings is 1. The van der Waals surface area contributed by atoms with Crippen molar-refractivity contribution in [2.45, 2.75) is 32.8 Å². The Kier molecular flexibility index (Phi) is 5.41.